The number of amides is 1. The van der Waals surface area contributed by atoms with E-state index in [4.69, 9.17) is 4.74 Å². The van der Waals surface area contributed by atoms with E-state index in [0.717, 1.165) is 11.1 Å². The van der Waals surface area contributed by atoms with Crippen LogP contribution in [-0.4, -0.2) is 22.3 Å². The van der Waals surface area contributed by atoms with Gasteiger partial charge in [-0.1, -0.05) is 18.2 Å². The Hall–Kier alpha value is -3.41. The monoisotopic (exact) mass is 365 g/mol. The van der Waals surface area contributed by atoms with Crippen LogP contribution in [0.2, 0.25) is 0 Å². The molecule has 1 N–H and O–H groups in total. The molecule has 0 aliphatic carbocycles. The third-order valence-electron chi connectivity index (χ3n) is 3.90. The zero-order chi connectivity index (χ0) is 19.1. The number of allylic oxidation sites excluding steroid dienone is 1. The highest BCUT2D eigenvalue weighted by molar-refractivity contribution is 6.03. The minimum atomic E-state index is -0.305. The minimum Gasteiger partial charge on any atom is -0.492 e. The molecule has 5 nitrogen and oxygen atoms in total. The van der Waals surface area contributed by atoms with Gasteiger partial charge in [0.1, 0.15) is 18.2 Å². The smallest absolute Gasteiger partial charge is 0.248 e. The maximum atomic E-state index is 13.0. The van der Waals surface area contributed by atoms with Gasteiger partial charge >= 0.3 is 0 Å². The zero-order valence-electron chi connectivity index (χ0n) is 14.9. The molecule has 138 valence electrons. The van der Waals surface area contributed by atoms with Crippen molar-refractivity contribution >= 4 is 17.2 Å². The largest absolute Gasteiger partial charge is 0.492 e. The Morgan fingerprint density at radius 2 is 2.04 bits per heavy atom. The number of halogens is 1. The predicted molar refractivity (Wildman–Crippen MR) is 103 cm³/mol. The number of carbonyl (C=O) groups is 1. The van der Waals surface area contributed by atoms with Crippen LogP contribution < -0.4 is 10.1 Å². The van der Waals surface area contributed by atoms with E-state index in [2.05, 4.69) is 10.4 Å². The molecule has 3 aromatic rings. The fourth-order valence-corrected chi connectivity index (χ4v) is 2.52. The molecule has 3 rings (SSSR count). The summed E-state index contributed by atoms with van der Waals surface area (Å²) in [5.41, 5.74) is 2.18. The van der Waals surface area contributed by atoms with E-state index in [1.165, 1.54) is 18.2 Å². The number of anilines is 1. The van der Waals surface area contributed by atoms with Gasteiger partial charge in [-0.2, -0.15) is 5.10 Å². The summed E-state index contributed by atoms with van der Waals surface area (Å²) in [4.78, 5) is 12.2. The number of aromatic nitrogens is 2. The van der Waals surface area contributed by atoms with Gasteiger partial charge in [0.05, 0.1) is 6.54 Å². The molecule has 0 unspecified atom stereocenters. The predicted octanol–water partition coefficient (Wildman–Crippen LogP) is 4.14. The third kappa shape index (κ3) is 5.54. The van der Waals surface area contributed by atoms with E-state index in [9.17, 15) is 9.18 Å². The highest BCUT2D eigenvalue weighted by Crippen LogP contribution is 2.18. The molecule has 0 bridgehead atoms. The third-order valence-corrected chi connectivity index (χ3v) is 3.90. The fraction of sp³-hybridized carbons (Fsp3) is 0.143. The first kappa shape index (κ1) is 18.4. The summed E-state index contributed by atoms with van der Waals surface area (Å²) in [5, 5.41) is 6.93. The van der Waals surface area contributed by atoms with Crippen LogP contribution in [0.5, 0.6) is 5.75 Å². The summed E-state index contributed by atoms with van der Waals surface area (Å²) < 4.78 is 20.5. The first-order valence-corrected chi connectivity index (χ1v) is 8.56. The molecule has 0 radical (unpaired) electrons. The molecular weight excluding hydrogens is 345 g/mol. The van der Waals surface area contributed by atoms with Crippen LogP contribution in [0.3, 0.4) is 0 Å². The number of ether oxygens (including phenoxy) is 1. The quantitative estimate of drug-likeness (QED) is 0.640. The first-order valence-electron chi connectivity index (χ1n) is 8.56. The molecule has 0 saturated carbocycles. The Labute approximate surface area is 157 Å². The fourth-order valence-electron chi connectivity index (χ4n) is 2.52. The number of hydrogen-bond acceptors (Lipinski definition) is 3. The Kier molecular flexibility index (Phi) is 5.99. The van der Waals surface area contributed by atoms with E-state index in [1.54, 1.807) is 35.1 Å². The number of nitrogens with one attached hydrogen (secondary N) is 1. The molecule has 0 saturated heterocycles. The normalized spacial score (nSPS) is 11.3. The van der Waals surface area contributed by atoms with Gasteiger partial charge in [0, 0.05) is 30.2 Å². The van der Waals surface area contributed by atoms with Crippen molar-refractivity contribution in [1.29, 1.82) is 0 Å². The van der Waals surface area contributed by atoms with Gasteiger partial charge in [-0.15, -0.1) is 0 Å². The molecule has 0 fully saturated rings. The molecule has 0 aliphatic rings. The molecular formula is C21H20FN3O2. The lowest BCUT2D eigenvalue weighted by Gasteiger charge is -2.09. The van der Waals surface area contributed by atoms with Gasteiger partial charge in [0.25, 0.3) is 0 Å². The molecule has 2 aromatic carbocycles. The van der Waals surface area contributed by atoms with E-state index < -0.39 is 0 Å². The highest BCUT2D eigenvalue weighted by atomic mass is 19.1. The Morgan fingerprint density at radius 1 is 1.22 bits per heavy atom. The van der Waals surface area contributed by atoms with Crippen molar-refractivity contribution in [2.45, 2.75) is 13.5 Å². The number of nitrogens with zero attached hydrogens (tertiary/aromatic N) is 2. The molecule has 27 heavy (non-hydrogen) atoms. The summed E-state index contributed by atoms with van der Waals surface area (Å²) in [6.45, 7) is 2.92. The van der Waals surface area contributed by atoms with Crippen LogP contribution in [0.1, 0.15) is 12.5 Å². The summed E-state index contributed by atoms with van der Waals surface area (Å²) in [5.74, 6) is 0.102. The Balaban J connectivity index is 1.57. The van der Waals surface area contributed by atoms with Crippen LogP contribution in [0.4, 0.5) is 10.1 Å². The summed E-state index contributed by atoms with van der Waals surface area (Å²) in [6.07, 6.45) is 5.08. The van der Waals surface area contributed by atoms with Crippen molar-refractivity contribution in [2.75, 3.05) is 11.9 Å². The standard InChI is InChI=1S/C21H20FN3O2/c1-16(17-6-8-18(22)9-7-17)14-21(26)24-19-4-2-5-20(15-19)27-13-12-25-11-3-10-23-25/h2-11,14-15H,12-13H2,1H3,(H,24,26)/b16-14-. The van der Waals surface area contributed by atoms with Gasteiger partial charge in [-0.25, -0.2) is 4.39 Å². The lowest BCUT2D eigenvalue weighted by Crippen LogP contribution is -2.10. The van der Waals surface area contributed by atoms with Crippen molar-refractivity contribution < 1.29 is 13.9 Å². The molecule has 1 heterocycles. The van der Waals surface area contributed by atoms with Gasteiger partial charge in [0.15, 0.2) is 0 Å². The second-order valence-corrected chi connectivity index (χ2v) is 5.97. The second-order valence-electron chi connectivity index (χ2n) is 5.97. The van der Waals surface area contributed by atoms with E-state index in [-0.39, 0.29) is 11.7 Å². The van der Waals surface area contributed by atoms with Crippen molar-refractivity contribution in [3.63, 3.8) is 0 Å². The van der Waals surface area contributed by atoms with Gasteiger partial charge in [0.2, 0.25) is 5.91 Å². The molecule has 0 atom stereocenters. The van der Waals surface area contributed by atoms with Crippen LogP contribution in [0.15, 0.2) is 73.1 Å². The van der Waals surface area contributed by atoms with Crippen molar-refractivity contribution in [1.82, 2.24) is 9.78 Å². The van der Waals surface area contributed by atoms with Gasteiger partial charge in [-0.3, -0.25) is 9.48 Å². The molecule has 1 amide bonds. The molecule has 1 aromatic heterocycles. The van der Waals surface area contributed by atoms with Crippen LogP contribution in [0, 0.1) is 5.82 Å². The van der Waals surface area contributed by atoms with E-state index >= 15 is 0 Å². The summed E-state index contributed by atoms with van der Waals surface area (Å²) in [6, 6.07) is 15.1. The van der Waals surface area contributed by atoms with Gasteiger partial charge in [-0.05, 0) is 48.4 Å². The second kappa shape index (κ2) is 8.80. The average molecular weight is 365 g/mol. The van der Waals surface area contributed by atoms with Crippen LogP contribution in [-0.2, 0) is 11.3 Å². The Bertz CT molecular complexity index is 919. The minimum absolute atomic E-state index is 0.259. The molecule has 6 heteroatoms. The molecule has 0 spiro atoms. The van der Waals surface area contributed by atoms with Crippen LogP contribution in [0.25, 0.3) is 5.57 Å². The van der Waals surface area contributed by atoms with Gasteiger partial charge < -0.3 is 10.1 Å². The highest BCUT2D eigenvalue weighted by Gasteiger charge is 2.04. The summed E-state index contributed by atoms with van der Waals surface area (Å²) >= 11 is 0. The number of benzene rings is 2. The maximum Gasteiger partial charge on any atom is 0.248 e. The zero-order valence-corrected chi connectivity index (χ0v) is 14.9. The lowest BCUT2D eigenvalue weighted by atomic mass is 10.1. The van der Waals surface area contributed by atoms with Crippen molar-refractivity contribution in [2.24, 2.45) is 0 Å². The number of carbonyl (C=O) groups excluding carboxylic acids is 1. The topological polar surface area (TPSA) is 56.1 Å². The number of hydrogen-bond donors (Lipinski definition) is 1. The number of rotatable bonds is 7. The van der Waals surface area contributed by atoms with Crippen LogP contribution >= 0.6 is 0 Å². The maximum absolute atomic E-state index is 13.0. The lowest BCUT2D eigenvalue weighted by molar-refractivity contribution is -0.111. The molecule has 0 aliphatic heterocycles. The van der Waals surface area contributed by atoms with Crippen molar-refractivity contribution in [3.8, 4) is 5.75 Å². The summed E-state index contributed by atoms with van der Waals surface area (Å²) in [7, 11) is 0. The first-order chi connectivity index (χ1) is 13.1. The average Bonchev–Trinajstić information content (AvgIpc) is 3.16. The SMILES string of the molecule is C/C(=C/C(=O)Nc1cccc(OCCn2cccn2)c1)c1ccc(F)cc1. The van der Waals surface area contributed by atoms with E-state index in [0.29, 0.717) is 24.6 Å². The van der Waals surface area contributed by atoms with Crippen molar-refractivity contribution in [3.05, 3.63) is 84.4 Å². The van der Waals surface area contributed by atoms with E-state index in [1.807, 2.05) is 31.3 Å². The Morgan fingerprint density at radius 3 is 2.78 bits per heavy atom.